The third kappa shape index (κ3) is 3.60. The Bertz CT molecular complexity index is 596. The lowest BCUT2D eigenvalue weighted by atomic mass is 10.1. The molecule has 0 bridgehead atoms. The zero-order valence-corrected chi connectivity index (χ0v) is 14.1. The molecule has 0 aliphatic carbocycles. The third-order valence-corrected chi connectivity index (χ3v) is 4.99. The number of likely N-dealkylation sites (tertiary alicyclic amines) is 2. The van der Waals surface area contributed by atoms with Crippen molar-refractivity contribution in [3.05, 3.63) is 35.4 Å². The van der Waals surface area contributed by atoms with Crippen LogP contribution in [0.15, 0.2) is 24.3 Å². The molecule has 0 spiro atoms. The number of primary amides is 1. The standard InChI is InChI=1S/C18H25N3O3/c1-24-15-10-16(17(19)22)21(12-15)18(23)14-6-4-13(5-7-14)11-20-8-2-3-9-20/h4-7,15-16H,2-3,8-12H2,1H3,(H2,19,22)/t15-,16-/m0/s1. The molecule has 2 amide bonds. The lowest BCUT2D eigenvalue weighted by Crippen LogP contribution is -2.43. The second kappa shape index (κ2) is 7.32. The molecule has 2 aliphatic rings. The molecule has 24 heavy (non-hydrogen) atoms. The van der Waals surface area contributed by atoms with E-state index in [9.17, 15) is 9.59 Å². The number of carbonyl (C=O) groups excluding carboxylic acids is 2. The summed E-state index contributed by atoms with van der Waals surface area (Å²) in [6, 6.07) is 7.08. The number of hydrogen-bond donors (Lipinski definition) is 1. The molecule has 0 radical (unpaired) electrons. The number of carbonyl (C=O) groups is 2. The zero-order chi connectivity index (χ0) is 17.1. The highest BCUT2D eigenvalue weighted by Gasteiger charge is 2.38. The first kappa shape index (κ1) is 16.9. The summed E-state index contributed by atoms with van der Waals surface area (Å²) in [6.45, 7) is 3.62. The number of rotatable bonds is 5. The first-order chi connectivity index (χ1) is 11.6. The fraction of sp³-hybridized carbons (Fsp3) is 0.556. The Morgan fingerprint density at radius 2 is 1.88 bits per heavy atom. The molecule has 6 nitrogen and oxygen atoms in total. The Morgan fingerprint density at radius 1 is 1.21 bits per heavy atom. The summed E-state index contributed by atoms with van der Waals surface area (Å²) in [7, 11) is 1.59. The minimum absolute atomic E-state index is 0.138. The molecular formula is C18H25N3O3. The van der Waals surface area contributed by atoms with Crippen molar-refractivity contribution in [1.82, 2.24) is 9.80 Å². The summed E-state index contributed by atoms with van der Waals surface area (Å²) < 4.78 is 5.29. The van der Waals surface area contributed by atoms with Gasteiger partial charge < -0.3 is 15.4 Å². The van der Waals surface area contributed by atoms with Crippen LogP contribution < -0.4 is 5.73 Å². The van der Waals surface area contributed by atoms with Crippen molar-refractivity contribution in [2.24, 2.45) is 5.73 Å². The molecule has 2 saturated heterocycles. The summed E-state index contributed by atoms with van der Waals surface area (Å²) in [5, 5.41) is 0. The van der Waals surface area contributed by atoms with E-state index in [1.807, 2.05) is 24.3 Å². The van der Waals surface area contributed by atoms with Gasteiger partial charge in [-0.3, -0.25) is 14.5 Å². The summed E-state index contributed by atoms with van der Waals surface area (Å²) in [5.74, 6) is -0.639. The maximum atomic E-state index is 12.7. The number of amides is 2. The predicted octanol–water partition coefficient (Wildman–Crippen LogP) is 0.997. The number of nitrogens with two attached hydrogens (primary N) is 1. The molecule has 1 aromatic carbocycles. The van der Waals surface area contributed by atoms with Gasteiger partial charge in [0.1, 0.15) is 6.04 Å². The van der Waals surface area contributed by atoms with E-state index in [0.29, 0.717) is 18.5 Å². The first-order valence-corrected chi connectivity index (χ1v) is 8.53. The van der Waals surface area contributed by atoms with Crippen LogP contribution in [0.5, 0.6) is 0 Å². The zero-order valence-electron chi connectivity index (χ0n) is 14.1. The van der Waals surface area contributed by atoms with Crippen LogP contribution in [-0.4, -0.2) is 60.5 Å². The fourth-order valence-corrected chi connectivity index (χ4v) is 3.58. The average Bonchev–Trinajstić information content (AvgIpc) is 3.24. The van der Waals surface area contributed by atoms with Gasteiger partial charge in [0.15, 0.2) is 0 Å². The van der Waals surface area contributed by atoms with Gasteiger partial charge in [0.25, 0.3) is 5.91 Å². The number of nitrogens with zero attached hydrogens (tertiary/aromatic N) is 2. The van der Waals surface area contributed by atoms with Gasteiger partial charge >= 0.3 is 0 Å². The molecule has 1 aromatic rings. The van der Waals surface area contributed by atoms with Crippen LogP contribution in [0, 0.1) is 0 Å². The van der Waals surface area contributed by atoms with Crippen LogP contribution in [0.4, 0.5) is 0 Å². The number of benzene rings is 1. The van der Waals surface area contributed by atoms with Gasteiger partial charge in [-0.25, -0.2) is 0 Å². The van der Waals surface area contributed by atoms with Crippen molar-refractivity contribution >= 4 is 11.8 Å². The molecule has 0 saturated carbocycles. The van der Waals surface area contributed by atoms with E-state index >= 15 is 0 Å². The molecule has 130 valence electrons. The largest absolute Gasteiger partial charge is 0.380 e. The van der Waals surface area contributed by atoms with Crippen molar-refractivity contribution in [2.45, 2.75) is 38.0 Å². The van der Waals surface area contributed by atoms with E-state index < -0.39 is 11.9 Å². The Kier molecular flexibility index (Phi) is 5.16. The minimum Gasteiger partial charge on any atom is -0.380 e. The maximum absolute atomic E-state index is 12.7. The van der Waals surface area contributed by atoms with E-state index in [-0.39, 0.29) is 12.0 Å². The van der Waals surface area contributed by atoms with Crippen LogP contribution in [0.1, 0.15) is 35.2 Å². The Hall–Kier alpha value is -1.92. The third-order valence-electron chi connectivity index (χ3n) is 4.99. The monoisotopic (exact) mass is 331 g/mol. The lowest BCUT2D eigenvalue weighted by molar-refractivity contribution is -0.121. The molecule has 2 heterocycles. The molecule has 2 N–H and O–H groups in total. The molecular weight excluding hydrogens is 306 g/mol. The van der Waals surface area contributed by atoms with E-state index in [1.165, 1.54) is 23.3 Å². The molecule has 0 unspecified atom stereocenters. The number of methoxy groups -OCH3 is 1. The minimum atomic E-state index is -0.591. The van der Waals surface area contributed by atoms with E-state index in [2.05, 4.69) is 4.90 Å². The Balaban J connectivity index is 1.68. The van der Waals surface area contributed by atoms with Crippen molar-refractivity contribution in [2.75, 3.05) is 26.7 Å². The Labute approximate surface area is 142 Å². The molecule has 2 aliphatic heterocycles. The predicted molar refractivity (Wildman–Crippen MR) is 90.4 cm³/mol. The fourth-order valence-electron chi connectivity index (χ4n) is 3.58. The van der Waals surface area contributed by atoms with Gasteiger partial charge in [-0.1, -0.05) is 12.1 Å². The Morgan fingerprint density at radius 3 is 2.46 bits per heavy atom. The summed E-state index contributed by atoms with van der Waals surface area (Å²) in [5.41, 5.74) is 7.23. The summed E-state index contributed by atoms with van der Waals surface area (Å²) in [4.78, 5) is 28.3. The average molecular weight is 331 g/mol. The molecule has 0 aromatic heterocycles. The van der Waals surface area contributed by atoms with Crippen molar-refractivity contribution in [3.8, 4) is 0 Å². The highest BCUT2D eigenvalue weighted by Crippen LogP contribution is 2.23. The van der Waals surface area contributed by atoms with Crippen LogP contribution in [-0.2, 0) is 16.1 Å². The second-order valence-electron chi connectivity index (χ2n) is 6.65. The van der Waals surface area contributed by atoms with Crippen molar-refractivity contribution in [1.29, 1.82) is 0 Å². The highest BCUT2D eigenvalue weighted by molar-refractivity contribution is 5.97. The van der Waals surface area contributed by atoms with Gasteiger partial charge in [0.2, 0.25) is 5.91 Å². The van der Waals surface area contributed by atoms with Crippen molar-refractivity contribution in [3.63, 3.8) is 0 Å². The van der Waals surface area contributed by atoms with Gasteiger partial charge in [0, 0.05) is 32.2 Å². The van der Waals surface area contributed by atoms with Gasteiger partial charge in [0.05, 0.1) is 6.10 Å². The molecule has 2 atom stereocenters. The summed E-state index contributed by atoms with van der Waals surface area (Å²) >= 11 is 0. The molecule has 3 rings (SSSR count). The molecule has 6 heteroatoms. The highest BCUT2D eigenvalue weighted by atomic mass is 16.5. The SMILES string of the molecule is CO[C@H]1C[C@@H](C(N)=O)N(C(=O)c2ccc(CN3CCCC3)cc2)C1. The van der Waals surface area contributed by atoms with Gasteiger partial charge in [-0.05, 0) is 43.6 Å². The van der Waals surface area contributed by atoms with Crippen LogP contribution in [0.25, 0.3) is 0 Å². The van der Waals surface area contributed by atoms with Crippen molar-refractivity contribution < 1.29 is 14.3 Å². The molecule has 2 fully saturated rings. The first-order valence-electron chi connectivity index (χ1n) is 8.53. The van der Waals surface area contributed by atoms with Gasteiger partial charge in [-0.15, -0.1) is 0 Å². The summed E-state index contributed by atoms with van der Waals surface area (Å²) in [6.07, 6.45) is 2.85. The second-order valence-corrected chi connectivity index (χ2v) is 6.65. The van der Waals surface area contributed by atoms with Crippen LogP contribution >= 0.6 is 0 Å². The van der Waals surface area contributed by atoms with E-state index in [1.54, 1.807) is 7.11 Å². The van der Waals surface area contributed by atoms with E-state index in [4.69, 9.17) is 10.5 Å². The smallest absolute Gasteiger partial charge is 0.254 e. The van der Waals surface area contributed by atoms with Gasteiger partial charge in [-0.2, -0.15) is 0 Å². The quantitative estimate of drug-likeness (QED) is 0.873. The van der Waals surface area contributed by atoms with E-state index in [0.717, 1.165) is 19.6 Å². The maximum Gasteiger partial charge on any atom is 0.254 e. The normalized spacial score (nSPS) is 24.5. The van der Waals surface area contributed by atoms with Crippen LogP contribution in [0.2, 0.25) is 0 Å². The topological polar surface area (TPSA) is 75.9 Å². The number of hydrogen-bond acceptors (Lipinski definition) is 4. The lowest BCUT2D eigenvalue weighted by Gasteiger charge is -2.22. The van der Waals surface area contributed by atoms with Crippen LogP contribution in [0.3, 0.4) is 0 Å². The number of ether oxygens (including phenoxy) is 1.